The van der Waals surface area contributed by atoms with Gasteiger partial charge in [-0.15, -0.1) is 0 Å². The van der Waals surface area contributed by atoms with Crippen LogP contribution in [-0.4, -0.2) is 66.6 Å². The Morgan fingerprint density at radius 3 is 2.71 bits per heavy atom. The van der Waals surface area contributed by atoms with E-state index in [0.29, 0.717) is 19.7 Å². The number of hydrogen-bond acceptors (Lipinski definition) is 5. The molecule has 24 heavy (non-hydrogen) atoms. The predicted octanol–water partition coefficient (Wildman–Crippen LogP) is 0.414. The summed E-state index contributed by atoms with van der Waals surface area (Å²) in [7, 11) is 0. The zero-order valence-corrected chi connectivity index (χ0v) is 14.0. The molecule has 2 amide bonds. The van der Waals surface area contributed by atoms with Crippen molar-refractivity contribution in [2.45, 2.75) is 31.9 Å². The SMILES string of the molecule is C[C@H](NC(=O)[C@@H]1CCCO1)C(=O)N1CCN(c2ccccn2)CC1. The normalized spacial score (nSPS) is 22.3. The third-order valence-corrected chi connectivity index (χ3v) is 4.52. The number of carbonyl (C=O) groups is 2. The maximum atomic E-state index is 12.5. The first kappa shape index (κ1) is 16.7. The standard InChI is InChI=1S/C17H24N4O3/c1-13(19-16(22)14-5-4-12-24-14)17(23)21-10-8-20(9-11-21)15-6-2-3-7-18-15/h2-3,6-7,13-14H,4-5,8-12H2,1H3,(H,19,22)/t13-,14-/m0/s1. The van der Waals surface area contributed by atoms with Crippen molar-refractivity contribution in [3.8, 4) is 0 Å². The molecule has 2 aliphatic heterocycles. The van der Waals surface area contributed by atoms with Gasteiger partial charge in [0.2, 0.25) is 11.8 Å². The van der Waals surface area contributed by atoms with Crippen LogP contribution in [0, 0.1) is 0 Å². The van der Waals surface area contributed by atoms with E-state index in [2.05, 4.69) is 15.2 Å². The average molecular weight is 332 g/mol. The number of aromatic nitrogens is 1. The number of rotatable bonds is 4. The summed E-state index contributed by atoms with van der Waals surface area (Å²) in [6.07, 6.45) is 3.00. The minimum Gasteiger partial charge on any atom is -0.368 e. The summed E-state index contributed by atoms with van der Waals surface area (Å²) >= 11 is 0. The summed E-state index contributed by atoms with van der Waals surface area (Å²) in [6, 6.07) is 5.30. The minimum absolute atomic E-state index is 0.0398. The molecule has 130 valence electrons. The summed E-state index contributed by atoms with van der Waals surface area (Å²) in [6.45, 7) is 5.12. The van der Waals surface area contributed by atoms with E-state index >= 15 is 0 Å². The first-order valence-electron chi connectivity index (χ1n) is 8.52. The molecule has 7 nitrogen and oxygen atoms in total. The highest BCUT2D eigenvalue weighted by molar-refractivity contribution is 5.89. The molecule has 2 fully saturated rings. The third kappa shape index (κ3) is 3.84. The van der Waals surface area contributed by atoms with Crippen LogP contribution in [0.15, 0.2) is 24.4 Å². The maximum absolute atomic E-state index is 12.5. The molecule has 0 saturated carbocycles. The predicted molar refractivity (Wildman–Crippen MR) is 89.6 cm³/mol. The van der Waals surface area contributed by atoms with Gasteiger partial charge in [-0.2, -0.15) is 0 Å². The van der Waals surface area contributed by atoms with Crippen molar-refractivity contribution in [3.05, 3.63) is 24.4 Å². The Morgan fingerprint density at radius 1 is 1.29 bits per heavy atom. The van der Waals surface area contributed by atoms with Gasteiger partial charge in [-0.3, -0.25) is 9.59 Å². The lowest BCUT2D eigenvalue weighted by molar-refractivity contribution is -0.139. The van der Waals surface area contributed by atoms with Crippen molar-refractivity contribution < 1.29 is 14.3 Å². The number of piperazine rings is 1. The van der Waals surface area contributed by atoms with E-state index in [0.717, 1.165) is 31.7 Å². The maximum Gasteiger partial charge on any atom is 0.249 e. The summed E-state index contributed by atoms with van der Waals surface area (Å²) in [4.78, 5) is 32.9. The van der Waals surface area contributed by atoms with Crippen LogP contribution in [0.2, 0.25) is 0 Å². The lowest BCUT2D eigenvalue weighted by atomic mass is 10.2. The molecule has 2 atom stereocenters. The summed E-state index contributed by atoms with van der Waals surface area (Å²) in [5, 5.41) is 2.78. The van der Waals surface area contributed by atoms with Gasteiger partial charge in [0.25, 0.3) is 0 Å². The van der Waals surface area contributed by atoms with Crippen molar-refractivity contribution in [2.75, 3.05) is 37.7 Å². The van der Waals surface area contributed by atoms with Crippen LogP contribution in [0.4, 0.5) is 5.82 Å². The van der Waals surface area contributed by atoms with Gasteiger partial charge < -0.3 is 19.9 Å². The first-order chi connectivity index (χ1) is 11.6. The molecule has 3 heterocycles. The van der Waals surface area contributed by atoms with Crippen molar-refractivity contribution >= 4 is 17.6 Å². The Labute approximate surface area is 142 Å². The number of ether oxygens (including phenoxy) is 1. The van der Waals surface area contributed by atoms with Crippen molar-refractivity contribution in [1.82, 2.24) is 15.2 Å². The number of nitrogens with zero attached hydrogens (tertiary/aromatic N) is 3. The number of carbonyl (C=O) groups excluding carboxylic acids is 2. The molecule has 1 aromatic heterocycles. The molecule has 0 radical (unpaired) electrons. The van der Waals surface area contributed by atoms with E-state index in [1.807, 2.05) is 18.2 Å². The van der Waals surface area contributed by atoms with Crippen LogP contribution in [0.5, 0.6) is 0 Å². The molecule has 7 heteroatoms. The van der Waals surface area contributed by atoms with Crippen molar-refractivity contribution in [2.24, 2.45) is 0 Å². The Bertz CT molecular complexity index is 566. The van der Waals surface area contributed by atoms with Crippen molar-refractivity contribution in [3.63, 3.8) is 0 Å². The van der Waals surface area contributed by atoms with Crippen molar-refractivity contribution in [1.29, 1.82) is 0 Å². The Balaban J connectivity index is 1.48. The lowest BCUT2D eigenvalue weighted by Gasteiger charge is -2.36. The molecule has 1 aromatic rings. The monoisotopic (exact) mass is 332 g/mol. The fourth-order valence-electron chi connectivity index (χ4n) is 3.12. The van der Waals surface area contributed by atoms with E-state index in [1.165, 1.54) is 0 Å². The third-order valence-electron chi connectivity index (χ3n) is 4.52. The Morgan fingerprint density at radius 2 is 2.08 bits per heavy atom. The number of anilines is 1. The molecule has 1 N–H and O–H groups in total. The van der Waals surface area contributed by atoms with Gasteiger partial charge in [-0.05, 0) is 31.9 Å². The zero-order chi connectivity index (χ0) is 16.9. The van der Waals surface area contributed by atoms with Gasteiger partial charge in [0.1, 0.15) is 18.0 Å². The van der Waals surface area contributed by atoms with E-state index in [1.54, 1.807) is 18.0 Å². The number of nitrogens with one attached hydrogen (secondary N) is 1. The van der Waals surface area contributed by atoms with Crippen LogP contribution in [0.1, 0.15) is 19.8 Å². The van der Waals surface area contributed by atoms with Gasteiger partial charge in [-0.25, -0.2) is 4.98 Å². The smallest absolute Gasteiger partial charge is 0.249 e. The van der Waals surface area contributed by atoms with E-state index in [-0.39, 0.29) is 11.8 Å². The summed E-state index contributed by atoms with van der Waals surface area (Å²) < 4.78 is 5.35. The highest BCUT2D eigenvalue weighted by atomic mass is 16.5. The second-order valence-electron chi connectivity index (χ2n) is 6.23. The average Bonchev–Trinajstić information content (AvgIpc) is 3.17. The molecule has 0 spiro atoms. The molecule has 2 saturated heterocycles. The molecule has 3 rings (SSSR count). The van der Waals surface area contributed by atoms with Crippen LogP contribution in [0.3, 0.4) is 0 Å². The topological polar surface area (TPSA) is 74.8 Å². The van der Waals surface area contributed by atoms with Crippen LogP contribution in [0.25, 0.3) is 0 Å². The number of hydrogen-bond donors (Lipinski definition) is 1. The lowest BCUT2D eigenvalue weighted by Crippen LogP contribution is -2.55. The van der Waals surface area contributed by atoms with E-state index in [4.69, 9.17) is 4.74 Å². The van der Waals surface area contributed by atoms with Crippen LogP contribution < -0.4 is 10.2 Å². The molecular weight excluding hydrogens is 308 g/mol. The van der Waals surface area contributed by atoms with Gasteiger partial charge in [0.05, 0.1) is 0 Å². The van der Waals surface area contributed by atoms with Crippen LogP contribution >= 0.6 is 0 Å². The highest BCUT2D eigenvalue weighted by Crippen LogP contribution is 2.14. The Kier molecular flexibility index (Phi) is 5.30. The Hall–Kier alpha value is -2.15. The largest absolute Gasteiger partial charge is 0.368 e. The quantitative estimate of drug-likeness (QED) is 0.865. The molecular formula is C17H24N4O3. The van der Waals surface area contributed by atoms with Gasteiger partial charge in [0, 0.05) is 39.0 Å². The summed E-state index contributed by atoms with van der Waals surface area (Å²) in [5.74, 6) is 0.715. The second kappa shape index (κ2) is 7.61. The molecule has 2 aliphatic rings. The van der Waals surface area contributed by atoms with Crippen LogP contribution in [-0.2, 0) is 14.3 Å². The number of pyridine rings is 1. The number of amides is 2. The second-order valence-corrected chi connectivity index (χ2v) is 6.23. The van der Waals surface area contributed by atoms with E-state index < -0.39 is 12.1 Å². The zero-order valence-electron chi connectivity index (χ0n) is 14.0. The molecule has 0 unspecified atom stereocenters. The molecule has 0 aliphatic carbocycles. The molecule has 0 aromatic carbocycles. The van der Waals surface area contributed by atoms with Gasteiger partial charge in [-0.1, -0.05) is 6.07 Å². The minimum atomic E-state index is -0.525. The molecule has 0 bridgehead atoms. The fourth-order valence-corrected chi connectivity index (χ4v) is 3.12. The highest BCUT2D eigenvalue weighted by Gasteiger charge is 2.29. The summed E-state index contributed by atoms with van der Waals surface area (Å²) in [5.41, 5.74) is 0. The van der Waals surface area contributed by atoms with Gasteiger partial charge >= 0.3 is 0 Å². The van der Waals surface area contributed by atoms with Gasteiger partial charge in [0.15, 0.2) is 0 Å². The fraction of sp³-hybridized carbons (Fsp3) is 0.588. The first-order valence-corrected chi connectivity index (χ1v) is 8.52. The van der Waals surface area contributed by atoms with E-state index in [9.17, 15) is 9.59 Å².